The second kappa shape index (κ2) is 8.63. The van der Waals surface area contributed by atoms with Gasteiger partial charge in [-0.15, -0.1) is 0 Å². The number of nitrogens with zero attached hydrogens (tertiary/aromatic N) is 4. The molecule has 0 N–H and O–H groups in total. The molecule has 1 aromatic heterocycles. The fourth-order valence-electron chi connectivity index (χ4n) is 3.56. The number of rotatable bonds is 4. The first-order valence-electron chi connectivity index (χ1n) is 9.63. The van der Waals surface area contributed by atoms with Crippen molar-refractivity contribution in [2.24, 2.45) is 0 Å². The average molecular weight is 479 g/mol. The lowest BCUT2D eigenvalue weighted by Gasteiger charge is -2.34. The molecule has 4 rings (SSSR count). The minimum atomic E-state index is -3.71. The molecule has 7 nitrogen and oxygen atoms in total. The zero-order valence-electron chi connectivity index (χ0n) is 16.7. The molecular weight excluding hydrogens is 459 g/mol. The van der Waals surface area contributed by atoms with Gasteiger partial charge < -0.3 is 4.90 Å². The van der Waals surface area contributed by atoms with Gasteiger partial charge in [-0.05, 0) is 43.3 Å². The normalized spacial score (nSPS) is 15.3. The maximum Gasteiger partial charge on any atom is 0.257 e. The summed E-state index contributed by atoms with van der Waals surface area (Å²) >= 11 is 12.0. The SMILES string of the molecule is Cc1c(C(=O)N2CCN(S(=O)(=O)c3ccccc3Cl)CC2)cnn1-c1ccc(Cl)cc1. The summed E-state index contributed by atoms with van der Waals surface area (Å²) in [6, 6.07) is 13.5. The molecule has 0 bridgehead atoms. The van der Waals surface area contributed by atoms with Gasteiger partial charge in [-0.3, -0.25) is 4.79 Å². The highest BCUT2D eigenvalue weighted by atomic mass is 35.5. The summed E-state index contributed by atoms with van der Waals surface area (Å²) in [5, 5.41) is 5.15. The highest BCUT2D eigenvalue weighted by molar-refractivity contribution is 7.89. The van der Waals surface area contributed by atoms with Gasteiger partial charge in [0.2, 0.25) is 10.0 Å². The molecule has 2 aromatic carbocycles. The molecule has 0 atom stereocenters. The fourth-order valence-corrected chi connectivity index (χ4v) is 5.60. The molecule has 1 amide bonds. The first-order valence-corrected chi connectivity index (χ1v) is 11.8. The molecule has 31 heavy (non-hydrogen) atoms. The highest BCUT2D eigenvalue weighted by Gasteiger charge is 2.32. The second-order valence-electron chi connectivity index (χ2n) is 7.16. The summed E-state index contributed by atoms with van der Waals surface area (Å²) in [5.41, 5.74) is 1.99. The maximum absolute atomic E-state index is 13.1. The van der Waals surface area contributed by atoms with E-state index in [1.807, 2.05) is 19.1 Å². The molecule has 0 unspecified atom stereocenters. The summed E-state index contributed by atoms with van der Waals surface area (Å²) in [4.78, 5) is 14.8. The summed E-state index contributed by atoms with van der Waals surface area (Å²) in [7, 11) is -3.71. The van der Waals surface area contributed by atoms with Gasteiger partial charge in [0.25, 0.3) is 5.91 Å². The van der Waals surface area contributed by atoms with E-state index in [1.165, 1.54) is 10.4 Å². The number of sulfonamides is 1. The minimum absolute atomic E-state index is 0.0801. The summed E-state index contributed by atoms with van der Waals surface area (Å²) in [6.07, 6.45) is 1.54. The molecule has 1 saturated heterocycles. The molecular formula is C21H20Cl2N4O3S. The smallest absolute Gasteiger partial charge is 0.257 e. The molecule has 3 aromatic rings. The van der Waals surface area contributed by atoms with Crippen molar-refractivity contribution in [3.63, 3.8) is 0 Å². The van der Waals surface area contributed by atoms with E-state index >= 15 is 0 Å². The van der Waals surface area contributed by atoms with E-state index in [4.69, 9.17) is 23.2 Å². The van der Waals surface area contributed by atoms with Crippen molar-refractivity contribution in [2.75, 3.05) is 26.2 Å². The Morgan fingerprint density at radius 3 is 2.26 bits per heavy atom. The van der Waals surface area contributed by atoms with Gasteiger partial charge in [0.05, 0.1) is 28.2 Å². The summed E-state index contributed by atoms with van der Waals surface area (Å²) in [6.45, 7) is 2.79. The molecule has 1 fully saturated rings. The first-order chi connectivity index (χ1) is 14.8. The molecule has 0 aliphatic carbocycles. The van der Waals surface area contributed by atoms with E-state index in [9.17, 15) is 13.2 Å². The van der Waals surface area contributed by atoms with Crippen LogP contribution in [0.1, 0.15) is 16.1 Å². The van der Waals surface area contributed by atoms with Crippen LogP contribution in [0.5, 0.6) is 0 Å². The van der Waals surface area contributed by atoms with Gasteiger partial charge >= 0.3 is 0 Å². The van der Waals surface area contributed by atoms with E-state index in [0.717, 1.165) is 5.69 Å². The molecule has 2 heterocycles. The Morgan fingerprint density at radius 1 is 0.968 bits per heavy atom. The maximum atomic E-state index is 13.1. The lowest BCUT2D eigenvalue weighted by Crippen LogP contribution is -2.50. The van der Waals surface area contributed by atoms with Crippen LogP contribution in [-0.4, -0.2) is 59.5 Å². The molecule has 1 aliphatic rings. The predicted molar refractivity (Wildman–Crippen MR) is 119 cm³/mol. The number of carbonyl (C=O) groups is 1. The average Bonchev–Trinajstić information content (AvgIpc) is 3.15. The topological polar surface area (TPSA) is 75.5 Å². The van der Waals surface area contributed by atoms with Crippen LogP contribution in [0.4, 0.5) is 0 Å². The van der Waals surface area contributed by atoms with Crippen LogP contribution in [0.2, 0.25) is 10.0 Å². The Balaban J connectivity index is 1.48. The van der Waals surface area contributed by atoms with E-state index < -0.39 is 10.0 Å². The third kappa shape index (κ3) is 4.21. The molecule has 0 spiro atoms. The van der Waals surface area contributed by atoms with Gasteiger partial charge in [0.15, 0.2) is 0 Å². The number of carbonyl (C=O) groups excluding carboxylic acids is 1. The Labute approximate surface area is 190 Å². The van der Waals surface area contributed by atoms with Crippen molar-refractivity contribution in [1.82, 2.24) is 19.0 Å². The summed E-state index contributed by atoms with van der Waals surface area (Å²) in [5.74, 6) is -0.174. The number of aromatic nitrogens is 2. The third-order valence-electron chi connectivity index (χ3n) is 5.29. The summed E-state index contributed by atoms with van der Waals surface area (Å²) < 4.78 is 28.9. The van der Waals surface area contributed by atoms with Gasteiger partial charge in [-0.25, -0.2) is 13.1 Å². The zero-order chi connectivity index (χ0) is 22.2. The van der Waals surface area contributed by atoms with Crippen LogP contribution in [-0.2, 0) is 10.0 Å². The predicted octanol–water partition coefficient (Wildman–Crippen LogP) is 3.63. The number of piperazine rings is 1. The van der Waals surface area contributed by atoms with E-state index in [2.05, 4.69) is 5.10 Å². The Kier molecular flexibility index (Phi) is 6.07. The lowest BCUT2D eigenvalue weighted by atomic mass is 10.2. The van der Waals surface area contributed by atoms with Gasteiger partial charge in [-0.2, -0.15) is 9.40 Å². The Bertz CT molecular complexity index is 1220. The van der Waals surface area contributed by atoms with Crippen LogP contribution in [0.15, 0.2) is 59.6 Å². The largest absolute Gasteiger partial charge is 0.336 e. The number of hydrogen-bond donors (Lipinski definition) is 0. The molecule has 0 radical (unpaired) electrons. The molecule has 0 saturated carbocycles. The minimum Gasteiger partial charge on any atom is -0.336 e. The number of amides is 1. The van der Waals surface area contributed by atoms with Crippen molar-refractivity contribution >= 4 is 39.1 Å². The lowest BCUT2D eigenvalue weighted by molar-refractivity contribution is 0.0697. The quantitative estimate of drug-likeness (QED) is 0.573. The highest BCUT2D eigenvalue weighted by Crippen LogP contribution is 2.25. The van der Waals surface area contributed by atoms with Crippen molar-refractivity contribution in [1.29, 1.82) is 0 Å². The van der Waals surface area contributed by atoms with E-state index in [0.29, 0.717) is 16.3 Å². The van der Waals surface area contributed by atoms with Crippen molar-refractivity contribution in [2.45, 2.75) is 11.8 Å². The van der Waals surface area contributed by atoms with Crippen molar-refractivity contribution < 1.29 is 13.2 Å². The van der Waals surface area contributed by atoms with Crippen LogP contribution in [0, 0.1) is 6.92 Å². The fraction of sp³-hybridized carbons (Fsp3) is 0.238. The van der Waals surface area contributed by atoms with E-state index in [-0.39, 0.29) is 42.0 Å². The molecule has 1 aliphatic heterocycles. The van der Waals surface area contributed by atoms with Gasteiger partial charge in [0.1, 0.15) is 4.90 Å². The standard InChI is InChI=1S/C21H20Cl2N4O3S/c1-15-18(14-24-27(15)17-8-6-16(22)7-9-17)21(28)25-10-12-26(13-11-25)31(29,30)20-5-3-2-4-19(20)23/h2-9,14H,10-13H2,1H3. The number of hydrogen-bond acceptors (Lipinski definition) is 4. The van der Waals surface area contributed by atoms with Crippen LogP contribution >= 0.6 is 23.2 Å². The van der Waals surface area contributed by atoms with Crippen molar-refractivity contribution in [3.05, 3.63) is 76.0 Å². The third-order valence-corrected chi connectivity index (χ3v) is 7.94. The van der Waals surface area contributed by atoms with Crippen LogP contribution in [0.25, 0.3) is 5.69 Å². The van der Waals surface area contributed by atoms with E-state index in [1.54, 1.807) is 46.1 Å². The molecule has 162 valence electrons. The zero-order valence-corrected chi connectivity index (χ0v) is 19.0. The van der Waals surface area contributed by atoms with Crippen molar-refractivity contribution in [3.8, 4) is 5.69 Å². The van der Waals surface area contributed by atoms with Gasteiger partial charge in [0, 0.05) is 31.2 Å². The van der Waals surface area contributed by atoms with Crippen LogP contribution < -0.4 is 0 Å². The first kappa shape index (κ1) is 21.8. The second-order valence-corrected chi connectivity index (χ2v) is 9.91. The Morgan fingerprint density at radius 2 is 1.61 bits per heavy atom. The number of benzene rings is 2. The van der Waals surface area contributed by atoms with Gasteiger partial charge in [-0.1, -0.05) is 35.3 Å². The Hall–Kier alpha value is -2.39. The van der Waals surface area contributed by atoms with Crippen LogP contribution in [0.3, 0.4) is 0 Å². The monoisotopic (exact) mass is 478 g/mol. The number of halogens is 2. The molecule has 10 heteroatoms.